The maximum absolute atomic E-state index is 13.2. The summed E-state index contributed by atoms with van der Waals surface area (Å²) in [4.78, 5) is 10.2. The first-order chi connectivity index (χ1) is 9.08. The standard InChI is InChI=1S/C12H14ClFN2O3/c13-9-6-11(12(16(17)18)7-10(9)14)15-4-3-8-2-1-5-19-8/h6-8,15H,1-5H2. The Balaban J connectivity index is 2.01. The summed E-state index contributed by atoms with van der Waals surface area (Å²) in [6.45, 7) is 1.29. The first-order valence-electron chi connectivity index (χ1n) is 6.07. The normalized spacial score (nSPS) is 18.5. The molecule has 1 saturated heterocycles. The summed E-state index contributed by atoms with van der Waals surface area (Å²) in [7, 11) is 0. The molecule has 1 aromatic carbocycles. The minimum Gasteiger partial charge on any atom is -0.379 e. The van der Waals surface area contributed by atoms with Crippen molar-refractivity contribution in [3.8, 4) is 0 Å². The number of hydrogen-bond acceptors (Lipinski definition) is 4. The van der Waals surface area contributed by atoms with E-state index in [1.807, 2.05) is 0 Å². The minimum absolute atomic E-state index is 0.134. The van der Waals surface area contributed by atoms with Crippen LogP contribution in [-0.2, 0) is 4.74 Å². The van der Waals surface area contributed by atoms with Gasteiger partial charge in [-0.15, -0.1) is 0 Å². The van der Waals surface area contributed by atoms with Crippen molar-refractivity contribution in [1.82, 2.24) is 0 Å². The molecule has 1 heterocycles. The molecule has 104 valence electrons. The molecule has 0 aliphatic carbocycles. The molecule has 5 nitrogen and oxygen atoms in total. The zero-order valence-electron chi connectivity index (χ0n) is 10.2. The number of hydrogen-bond donors (Lipinski definition) is 1. The van der Waals surface area contributed by atoms with Gasteiger partial charge in [-0.2, -0.15) is 0 Å². The number of benzene rings is 1. The van der Waals surface area contributed by atoms with Crippen molar-refractivity contribution in [2.45, 2.75) is 25.4 Å². The van der Waals surface area contributed by atoms with E-state index in [2.05, 4.69) is 5.32 Å². The molecule has 1 fully saturated rings. The second kappa shape index (κ2) is 6.16. The number of anilines is 1. The van der Waals surface area contributed by atoms with Crippen molar-refractivity contribution in [3.05, 3.63) is 33.1 Å². The van der Waals surface area contributed by atoms with Gasteiger partial charge in [-0.25, -0.2) is 4.39 Å². The van der Waals surface area contributed by atoms with Gasteiger partial charge in [0.25, 0.3) is 5.69 Å². The lowest BCUT2D eigenvalue weighted by molar-refractivity contribution is -0.384. The van der Waals surface area contributed by atoms with Crippen molar-refractivity contribution in [3.63, 3.8) is 0 Å². The van der Waals surface area contributed by atoms with Crippen molar-refractivity contribution in [2.24, 2.45) is 0 Å². The highest BCUT2D eigenvalue weighted by Crippen LogP contribution is 2.30. The molecule has 0 aromatic heterocycles. The summed E-state index contributed by atoms with van der Waals surface area (Å²) in [6, 6.07) is 2.07. The molecular weight excluding hydrogens is 275 g/mol. The van der Waals surface area contributed by atoms with Crippen LogP contribution in [0.2, 0.25) is 5.02 Å². The third kappa shape index (κ3) is 3.54. The van der Waals surface area contributed by atoms with Crippen LogP contribution in [0.25, 0.3) is 0 Å². The number of rotatable bonds is 5. The first-order valence-corrected chi connectivity index (χ1v) is 6.44. The van der Waals surface area contributed by atoms with Gasteiger partial charge < -0.3 is 10.1 Å². The molecule has 1 N–H and O–H groups in total. The highest BCUT2D eigenvalue weighted by Gasteiger charge is 2.19. The molecule has 1 unspecified atom stereocenters. The summed E-state index contributed by atoms with van der Waals surface area (Å²) in [5.41, 5.74) is -0.0800. The number of nitro groups is 1. The van der Waals surface area contributed by atoms with Crippen LogP contribution in [0.3, 0.4) is 0 Å². The van der Waals surface area contributed by atoms with Crippen LogP contribution in [0.4, 0.5) is 15.8 Å². The topological polar surface area (TPSA) is 64.4 Å². The number of nitrogens with zero attached hydrogens (tertiary/aromatic N) is 1. The Labute approximate surface area is 114 Å². The van der Waals surface area contributed by atoms with E-state index < -0.39 is 10.7 Å². The maximum atomic E-state index is 13.2. The Morgan fingerprint density at radius 1 is 1.58 bits per heavy atom. The van der Waals surface area contributed by atoms with Crippen molar-refractivity contribution >= 4 is 23.0 Å². The van der Waals surface area contributed by atoms with Crippen molar-refractivity contribution in [2.75, 3.05) is 18.5 Å². The van der Waals surface area contributed by atoms with Crippen LogP contribution in [0.5, 0.6) is 0 Å². The maximum Gasteiger partial charge on any atom is 0.295 e. The molecule has 0 spiro atoms. The van der Waals surface area contributed by atoms with Gasteiger partial charge in [0.2, 0.25) is 0 Å². The van der Waals surface area contributed by atoms with Crippen LogP contribution in [0.1, 0.15) is 19.3 Å². The van der Waals surface area contributed by atoms with E-state index in [0.717, 1.165) is 31.9 Å². The summed E-state index contributed by atoms with van der Waals surface area (Å²) in [6.07, 6.45) is 3.01. The molecule has 0 radical (unpaired) electrons. The lowest BCUT2D eigenvalue weighted by Gasteiger charge is -2.11. The summed E-state index contributed by atoms with van der Waals surface area (Å²) in [5, 5.41) is 13.6. The van der Waals surface area contributed by atoms with Crippen LogP contribution in [0.15, 0.2) is 12.1 Å². The van der Waals surface area contributed by atoms with E-state index in [4.69, 9.17) is 16.3 Å². The highest BCUT2D eigenvalue weighted by molar-refractivity contribution is 6.31. The van der Waals surface area contributed by atoms with Crippen LogP contribution in [-0.4, -0.2) is 24.2 Å². The SMILES string of the molecule is O=[N+]([O-])c1cc(F)c(Cl)cc1NCCC1CCCO1. The number of ether oxygens (including phenoxy) is 1. The predicted octanol–water partition coefficient (Wildman–Crippen LogP) is 3.37. The van der Waals surface area contributed by atoms with E-state index in [-0.39, 0.29) is 22.5 Å². The van der Waals surface area contributed by atoms with Crippen LogP contribution >= 0.6 is 11.6 Å². The van der Waals surface area contributed by atoms with Gasteiger partial charge in [-0.1, -0.05) is 11.6 Å². The quantitative estimate of drug-likeness (QED) is 0.666. The van der Waals surface area contributed by atoms with E-state index in [1.165, 1.54) is 6.07 Å². The molecule has 1 aromatic rings. The monoisotopic (exact) mass is 288 g/mol. The molecule has 7 heteroatoms. The molecule has 1 atom stereocenters. The fourth-order valence-corrected chi connectivity index (χ4v) is 2.23. The lowest BCUT2D eigenvalue weighted by atomic mass is 10.2. The Morgan fingerprint density at radius 2 is 2.37 bits per heavy atom. The largest absolute Gasteiger partial charge is 0.379 e. The summed E-state index contributed by atoms with van der Waals surface area (Å²) < 4.78 is 18.7. The van der Waals surface area contributed by atoms with Gasteiger partial charge in [-0.3, -0.25) is 10.1 Å². The van der Waals surface area contributed by atoms with Gasteiger partial charge in [0.1, 0.15) is 11.5 Å². The Hall–Kier alpha value is -1.40. The molecule has 19 heavy (non-hydrogen) atoms. The highest BCUT2D eigenvalue weighted by atomic mass is 35.5. The molecule has 0 amide bonds. The predicted molar refractivity (Wildman–Crippen MR) is 70.1 cm³/mol. The van der Waals surface area contributed by atoms with Crippen molar-refractivity contribution < 1.29 is 14.1 Å². The molecule has 1 aliphatic rings. The number of nitrogens with one attached hydrogen (secondary N) is 1. The van der Waals surface area contributed by atoms with Gasteiger partial charge in [-0.05, 0) is 25.3 Å². The summed E-state index contributed by atoms with van der Waals surface area (Å²) >= 11 is 5.63. The van der Waals surface area contributed by atoms with Gasteiger partial charge in [0.15, 0.2) is 0 Å². The fourth-order valence-electron chi connectivity index (χ4n) is 2.07. The smallest absolute Gasteiger partial charge is 0.295 e. The first kappa shape index (κ1) is 14.0. The van der Waals surface area contributed by atoms with E-state index in [1.54, 1.807) is 0 Å². The minimum atomic E-state index is -0.793. The second-order valence-electron chi connectivity index (χ2n) is 4.39. The number of halogens is 2. The Bertz CT molecular complexity index is 478. The molecule has 0 bridgehead atoms. The molecule has 2 rings (SSSR count). The van der Waals surface area contributed by atoms with Crippen LogP contribution in [0, 0.1) is 15.9 Å². The summed E-state index contributed by atoms with van der Waals surface area (Å²) in [5.74, 6) is -0.793. The lowest BCUT2D eigenvalue weighted by Crippen LogP contribution is -2.13. The van der Waals surface area contributed by atoms with Gasteiger partial charge >= 0.3 is 0 Å². The Kier molecular flexibility index (Phi) is 4.55. The van der Waals surface area contributed by atoms with Gasteiger partial charge in [0, 0.05) is 13.2 Å². The molecular formula is C12H14ClFN2O3. The average molecular weight is 289 g/mol. The number of nitro benzene ring substituents is 1. The third-order valence-corrected chi connectivity index (χ3v) is 3.33. The second-order valence-corrected chi connectivity index (χ2v) is 4.80. The zero-order valence-corrected chi connectivity index (χ0v) is 11.0. The fraction of sp³-hybridized carbons (Fsp3) is 0.500. The average Bonchev–Trinajstić information content (AvgIpc) is 2.86. The van der Waals surface area contributed by atoms with Gasteiger partial charge in [0.05, 0.1) is 22.1 Å². The van der Waals surface area contributed by atoms with E-state index >= 15 is 0 Å². The zero-order chi connectivity index (χ0) is 13.8. The van der Waals surface area contributed by atoms with Crippen molar-refractivity contribution in [1.29, 1.82) is 0 Å². The van der Waals surface area contributed by atoms with E-state index in [9.17, 15) is 14.5 Å². The molecule has 1 aliphatic heterocycles. The molecule has 0 saturated carbocycles. The third-order valence-electron chi connectivity index (χ3n) is 3.04. The van der Waals surface area contributed by atoms with Crippen LogP contribution < -0.4 is 5.32 Å². The Morgan fingerprint density at radius 3 is 3.00 bits per heavy atom. The van der Waals surface area contributed by atoms with E-state index in [0.29, 0.717) is 6.54 Å².